The molecule has 0 aliphatic carbocycles. The Morgan fingerprint density at radius 3 is 2.44 bits per heavy atom. The van der Waals surface area contributed by atoms with Crippen LogP contribution in [-0.2, 0) is 0 Å². The van der Waals surface area contributed by atoms with Crippen molar-refractivity contribution in [1.82, 2.24) is 15.5 Å². The van der Waals surface area contributed by atoms with Crippen LogP contribution in [0.2, 0.25) is 5.02 Å². The van der Waals surface area contributed by atoms with Crippen molar-refractivity contribution in [2.45, 2.75) is 37.2 Å². The van der Waals surface area contributed by atoms with Crippen molar-refractivity contribution in [2.75, 3.05) is 26.9 Å². The number of hydrogen-bond acceptors (Lipinski definition) is 7. The standard InChI is InChI=1S/C27H29Cl2F4N3O5/c1-25(2,36-29)17-12-20(15-4-6-19(30)18(28)10-15)35-23(13-17)26(39,27(31,32)33)14-34-24(38)16-5-7-21(41-9-8-37)22(11-16)40-3/h4-7,10-13,20,35-37,39H,8-9,14H2,1-3H3,(H,34,38)/t20?,26-/m1/s1. The van der Waals surface area contributed by atoms with Crippen molar-refractivity contribution in [3.63, 3.8) is 0 Å². The molecule has 2 aromatic rings. The average Bonchev–Trinajstić information content (AvgIpc) is 2.94. The maximum absolute atomic E-state index is 14.5. The molecule has 0 radical (unpaired) electrons. The van der Waals surface area contributed by atoms with Gasteiger partial charge >= 0.3 is 6.18 Å². The number of alkyl halides is 3. The number of rotatable bonds is 11. The molecule has 41 heavy (non-hydrogen) atoms. The number of methoxy groups -OCH3 is 1. The Bertz CT molecular complexity index is 1340. The predicted molar refractivity (Wildman–Crippen MR) is 145 cm³/mol. The number of amides is 1. The van der Waals surface area contributed by atoms with Gasteiger partial charge in [0.05, 0.1) is 42.6 Å². The van der Waals surface area contributed by atoms with Crippen molar-refractivity contribution in [2.24, 2.45) is 0 Å². The number of aliphatic hydroxyl groups excluding tert-OH is 1. The molecule has 0 bridgehead atoms. The lowest BCUT2D eigenvalue weighted by Crippen LogP contribution is -2.58. The Labute approximate surface area is 244 Å². The maximum atomic E-state index is 14.5. The highest BCUT2D eigenvalue weighted by Crippen LogP contribution is 2.40. The number of dihydropyridines is 1. The summed E-state index contributed by atoms with van der Waals surface area (Å²) in [4.78, 5) is 15.4. The highest BCUT2D eigenvalue weighted by molar-refractivity contribution is 6.30. The second kappa shape index (κ2) is 12.9. The predicted octanol–water partition coefficient (Wildman–Crippen LogP) is 4.56. The SMILES string of the molecule is COc1cc(C(=O)NC[C@@](O)(C2=CC(C(C)(C)NCl)=CC(c3ccc(F)c(Cl)c3)N2)C(F)(F)F)ccc1OCCO. The van der Waals surface area contributed by atoms with E-state index in [2.05, 4.69) is 15.5 Å². The molecule has 2 atom stereocenters. The number of ether oxygens (including phenoxy) is 2. The van der Waals surface area contributed by atoms with E-state index in [1.165, 1.54) is 37.4 Å². The van der Waals surface area contributed by atoms with Gasteiger partial charge in [-0.15, -0.1) is 0 Å². The fraction of sp³-hybridized carbons (Fsp3) is 0.370. The fourth-order valence-corrected chi connectivity index (χ4v) is 4.24. The summed E-state index contributed by atoms with van der Waals surface area (Å²) in [5.74, 6) is -1.33. The topological polar surface area (TPSA) is 112 Å². The number of benzene rings is 2. The van der Waals surface area contributed by atoms with Crippen LogP contribution in [0.25, 0.3) is 0 Å². The van der Waals surface area contributed by atoms with Crippen LogP contribution >= 0.6 is 23.4 Å². The van der Waals surface area contributed by atoms with Gasteiger partial charge in [0.2, 0.25) is 5.60 Å². The molecule has 8 nitrogen and oxygen atoms in total. The molecule has 1 aliphatic heterocycles. The zero-order chi connectivity index (χ0) is 30.6. The average molecular weight is 622 g/mol. The molecule has 14 heteroatoms. The summed E-state index contributed by atoms with van der Waals surface area (Å²) in [6.07, 6.45) is -2.61. The molecule has 2 aromatic carbocycles. The minimum absolute atomic E-state index is 0.0414. The lowest BCUT2D eigenvalue weighted by Gasteiger charge is -2.39. The van der Waals surface area contributed by atoms with E-state index in [-0.39, 0.29) is 40.9 Å². The molecule has 3 rings (SSSR count). The molecule has 1 aliphatic rings. The van der Waals surface area contributed by atoms with Crippen LogP contribution in [0, 0.1) is 5.82 Å². The lowest BCUT2D eigenvalue weighted by molar-refractivity contribution is -0.243. The maximum Gasteiger partial charge on any atom is 0.424 e. The number of aliphatic hydroxyl groups is 2. The zero-order valence-corrected chi connectivity index (χ0v) is 23.7. The number of nitrogens with one attached hydrogen (secondary N) is 3. The molecule has 1 unspecified atom stereocenters. The first-order valence-electron chi connectivity index (χ1n) is 12.2. The summed E-state index contributed by atoms with van der Waals surface area (Å²) < 4.78 is 67.8. The summed E-state index contributed by atoms with van der Waals surface area (Å²) >= 11 is 11.8. The first kappa shape index (κ1) is 32.5. The van der Waals surface area contributed by atoms with Crippen molar-refractivity contribution in [3.05, 3.63) is 81.8 Å². The van der Waals surface area contributed by atoms with Gasteiger partial charge in [0.1, 0.15) is 12.4 Å². The van der Waals surface area contributed by atoms with Crippen LogP contribution < -0.4 is 24.9 Å². The summed E-state index contributed by atoms with van der Waals surface area (Å²) in [7, 11) is 1.31. The quantitative estimate of drug-likeness (QED) is 0.185. The fourth-order valence-electron chi connectivity index (χ4n) is 3.94. The number of halogens is 6. The Hall–Kier alpha value is -3.03. The third-order valence-corrected chi connectivity index (χ3v) is 7.17. The van der Waals surface area contributed by atoms with Crippen molar-refractivity contribution >= 4 is 29.3 Å². The summed E-state index contributed by atoms with van der Waals surface area (Å²) in [6.45, 7) is 1.64. The van der Waals surface area contributed by atoms with Gasteiger partial charge < -0.3 is 30.3 Å². The summed E-state index contributed by atoms with van der Waals surface area (Å²) in [6, 6.07) is 6.58. The molecule has 5 N–H and O–H groups in total. The van der Waals surface area contributed by atoms with Crippen molar-refractivity contribution in [3.8, 4) is 11.5 Å². The Morgan fingerprint density at radius 1 is 1.15 bits per heavy atom. The first-order valence-corrected chi connectivity index (χ1v) is 12.9. The van der Waals surface area contributed by atoms with Gasteiger partial charge in [-0.2, -0.15) is 13.2 Å². The van der Waals surface area contributed by atoms with Gasteiger partial charge in [0.25, 0.3) is 5.91 Å². The van der Waals surface area contributed by atoms with E-state index < -0.39 is 47.3 Å². The summed E-state index contributed by atoms with van der Waals surface area (Å²) in [5.41, 5.74) is -4.82. The molecular formula is C27H29Cl2F4N3O5. The van der Waals surface area contributed by atoms with Crippen molar-refractivity contribution < 1.29 is 42.0 Å². The zero-order valence-electron chi connectivity index (χ0n) is 22.2. The molecule has 0 aromatic heterocycles. The van der Waals surface area contributed by atoms with Crippen molar-refractivity contribution in [1.29, 1.82) is 0 Å². The van der Waals surface area contributed by atoms with Crippen LogP contribution in [0.1, 0.15) is 35.8 Å². The van der Waals surface area contributed by atoms with Gasteiger partial charge in [-0.25, -0.2) is 9.23 Å². The Morgan fingerprint density at radius 2 is 1.85 bits per heavy atom. The van der Waals surface area contributed by atoms with Crippen LogP contribution in [0.3, 0.4) is 0 Å². The molecule has 0 spiro atoms. The molecule has 1 amide bonds. The van der Waals surface area contributed by atoms with Gasteiger partial charge in [0.15, 0.2) is 11.5 Å². The van der Waals surface area contributed by atoms with E-state index >= 15 is 0 Å². The van der Waals surface area contributed by atoms with Gasteiger partial charge in [-0.3, -0.25) is 4.79 Å². The van der Waals surface area contributed by atoms with E-state index in [1.807, 2.05) is 0 Å². The van der Waals surface area contributed by atoms with Gasteiger partial charge in [-0.05, 0) is 73.2 Å². The normalized spacial score (nSPS) is 17.1. The third kappa shape index (κ3) is 7.25. The smallest absolute Gasteiger partial charge is 0.424 e. The highest BCUT2D eigenvalue weighted by atomic mass is 35.5. The van der Waals surface area contributed by atoms with E-state index in [0.717, 1.165) is 12.1 Å². The minimum atomic E-state index is -5.26. The summed E-state index contributed by atoms with van der Waals surface area (Å²) in [5, 5.41) is 24.6. The minimum Gasteiger partial charge on any atom is -0.493 e. The van der Waals surface area contributed by atoms with Crippen LogP contribution in [0.4, 0.5) is 17.6 Å². The van der Waals surface area contributed by atoms with E-state index in [0.29, 0.717) is 5.56 Å². The van der Waals surface area contributed by atoms with Gasteiger partial charge in [-0.1, -0.05) is 23.7 Å². The monoisotopic (exact) mass is 621 g/mol. The van der Waals surface area contributed by atoms with Crippen LogP contribution in [-0.4, -0.2) is 60.3 Å². The molecule has 0 saturated heterocycles. The Kier molecular flexibility index (Phi) is 10.2. The molecular weight excluding hydrogens is 593 g/mol. The van der Waals surface area contributed by atoms with E-state index in [1.54, 1.807) is 19.9 Å². The largest absolute Gasteiger partial charge is 0.493 e. The van der Waals surface area contributed by atoms with E-state index in [9.17, 15) is 27.5 Å². The third-order valence-electron chi connectivity index (χ3n) is 6.41. The molecule has 1 heterocycles. The number of hydrogen-bond donors (Lipinski definition) is 5. The van der Waals surface area contributed by atoms with E-state index in [4.69, 9.17) is 38.0 Å². The second-order valence-electron chi connectivity index (χ2n) is 9.67. The molecule has 0 fully saturated rings. The Balaban J connectivity index is 1.96. The van der Waals surface area contributed by atoms with Crippen LogP contribution in [0.15, 0.2) is 59.8 Å². The van der Waals surface area contributed by atoms with Crippen LogP contribution in [0.5, 0.6) is 11.5 Å². The highest BCUT2D eigenvalue weighted by Gasteiger charge is 2.57. The number of carbonyl (C=O) groups is 1. The number of carbonyl (C=O) groups excluding carboxylic acids is 1. The molecule has 224 valence electrons. The molecule has 0 saturated carbocycles. The second-order valence-corrected chi connectivity index (χ2v) is 10.3. The van der Waals surface area contributed by atoms with Gasteiger partial charge in [0, 0.05) is 5.56 Å². The first-order chi connectivity index (χ1) is 19.2. The lowest BCUT2D eigenvalue weighted by atomic mass is 9.84.